The van der Waals surface area contributed by atoms with Gasteiger partial charge in [0.25, 0.3) is 0 Å². The zero-order chi connectivity index (χ0) is 11.3. The fraction of sp³-hybridized carbons (Fsp3) is 0.500. The molecule has 1 atom stereocenters. The molecular formula is C12H19NOS. The molecule has 0 aliphatic heterocycles. The van der Waals surface area contributed by atoms with Gasteiger partial charge in [-0.3, -0.25) is 0 Å². The molecule has 0 spiro atoms. The predicted octanol–water partition coefficient (Wildman–Crippen LogP) is 2.58. The first-order valence-electron chi connectivity index (χ1n) is 5.26. The van der Waals surface area contributed by atoms with Gasteiger partial charge < -0.3 is 10.5 Å². The Morgan fingerprint density at radius 1 is 1.47 bits per heavy atom. The Labute approximate surface area is 97.2 Å². The van der Waals surface area contributed by atoms with E-state index in [0.717, 1.165) is 24.3 Å². The fourth-order valence-corrected chi connectivity index (χ4v) is 1.89. The van der Waals surface area contributed by atoms with Crippen molar-refractivity contribution < 1.29 is 4.74 Å². The third-order valence-electron chi connectivity index (χ3n) is 2.55. The van der Waals surface area contributed by atoms with E-state index < -0.39 is 0 Å². The summed E-state index contributed by atoms with van der Waals surface area (Å²) < 4.78 is 5.28. The second kappa shape index (κ2) is 6.03. The van der Waals surface area contributed by atoms with Crippen LogP contribution in [0.3, 0.4) is 0 Å². The lowest BCUT2D eigenvalue weighted by molar-refractivity contribution is 0.410. The molecule has 0 saturated heterocycles. The molecule has 0 aromatic heterocycles. The monoisotopic (exact) mass is 225 g/mol. The van der Waals surface area contributed by atoms with Gasteiger partial charge in [-0.2, -0.15) is 12.6 Å². The van der Waals surface area contributed by atoms with Gasteiger partial charge >= 0.3 is 0 Å². The largest absolute Gasteiger partial charge is 0.496 e. The third-order valence-corrected chi connectivity index (χ3v) is 2.81. The highest BCUT2D eigenvalue weighted by Gasteiger charge is 2.08. The lowest BCUT2D eigenvalue weighted by Gasteiger charge is -2.14. The van der Waals surface area contributed by atoms with Crippen molar-refractivity contribution in [1.29, 1.82) is 0 Å². The van der Waals surface area contributed by atoms with Gasteiger partial charge in [0.05, 0.1) is 7.11 Å². The summed E-state index contributed by atoms with van der Waals surface area (Å²) in [5, 5.41) is 0. The van der Waals surface area contributed by atoms with E-state index in [1.807, 2.05) is 12.1 Å². The maximum absolute atomic E-state index is 6.03. The molecule has 1 aromatic rings. The Hall–Kier alpha value is -0.670. The number of methoxy groups -OCH3 is 1. The van der Waals surface area contributed by atoms with Crippen LogP contribution in [0, 0.1) is 0 Å². The minimum atomic E-state index is 0.0821. The molecule has 0 amide bonds. The number of aryl methyl sites for hydroxylation is 1. The number of hydrogen-bond acceptors (Lipinski definition) is 3. The van der Waals surface area contributed by atoms with Crippen LogP contribution >= 0.6 is 12.6 Å². The van der Waals surface area contributed by atoms with Crippen molar-refractivity contribution in [2.45, 2.75) is 25.8 Å². The molecule has 84 valence electrons. The maximum atomic E-state index is 6.03. The molecule has 15 heavy (non-hydrogen) atoms. The van der Waals surface area contributed by atoms with Gasteiger partial charge in [-0.15, -0.1) is 0 Å². The van der Waals surface area contributed by atoms with E-state index in [0.29, 0.717) is 0 Å². The summed E-state index contributed by atoms with van der Waals surface area (Å²) in [5.41, 5.74) is 8.41. The van der Waals surface area contributed by atoms with Crippen LogP contribution in [0.25, 0.3) is 0 Å². The zero-order valence-electron chi connectivity index (χ0n) is 9.36. The molecule has 0 saturated carbocycles. The molecule has 1 unspecified atom stereocenters. The van der Waals surface area contributed by atoms with Crippen molar-refractivity contribution in [3.63, 3.8) is 0 Å². The molecule has 0 aliphatic rings. The molecule has 0 heterocycles. The average molecular weight is 225 g/mol. The zero-order valence-corrected chi connectivity index (χ0v) is 10.3. The van der Waals surface area contributed by atoms with E-state index in [1.165, 1.54) is 11.1 Å². The minimum Gasteiger partial charge on any atom is -0.496 e. The highest BCUT2D eigenvalue weighted by molar-refractivity contribution is 7.80. The lowest BCUT2D eigenvalue weighted by atomic mass is 10.0. The van der Waals surface area contributed by atoms with E-state index >= 15 is 0 Å². The van der Waals surface area contributed by atoms with Crippen LogP contribution in [0.2, 0.25) is 0 Å². The molecule has 1 aromatic carbocycles. The molecule has 0 aliphatic carbocycles. The van der Waals surface area contributed by atoms with Gasteiger partial charge in [-0.25, -0.2) is 0 Å². The molecule has 0 radical (unpaired) electrons. The Kier molecular flexibility index (Phi) is 4.99. The van der Waals surface area contributed by atoms with E-state index in [-0.39, 0.29) is 6.04 Å². The van der Waals surface area contributed by atoms with E-state index in [4.69, 9.17) is 10.5 Å². The summed E-state index contributed by atoms with van der Waals surface area (Å²) in [6.45, 7) is 2.12. The first-order chi connectivity index (χ1) is 7.22. The summed E-state index contributed by atoms with van der Waals surface area (Å²) in [4.78, 5) is 0. The van der Waals surface area contributed by atoms with Gasteiger partial charge in [-0.1, -0.05) is 19.1 Å². The molecule has 2 N–H and O–H groups in total. The minimum absolute atomic E-state index is 0.0821. The number of benzene rings is 1. The van der Waals surface area contributed by atoms with Crippen molar-refractivity contribution in [3.8, 4) is 5.75 Å². The van der Waals surface area contributed by atoms with Crippen molar-refractivity contribution in [2.24, 2.45) is 5.73 Å². The molecule has 3 heteroatoms. The Balaban J connectivity index is 2.92. The van der Waals surface area contributed by atoms with Gasteiger partial charge in [0, 0.05) is 6.04 Å². The normalized spacial score (nSPS) is 12.5. The van der Waals surface area contributed by atoms with Gasteiger partial charge in [0.1, 0.15) is 5.75 Å². The fourth-order valence-electron chi connectivity index (χ4n) is 1.61. The number of rotatable bonds is 5. The predicted molar refractivity (Wildman–Crippen MR) is 67.8 cm³/mol. The van der Waals surface area contributed by atoms with E-state index in [2.05, 4.69) is 25.6 Å². The van der Waals surface area contributed by atoms with Gasteiger partial charge in [0.15, 0.2) is 0 Å². The molecule has 2 nitrogen and oxygen atoms in total. The number of thiol groups is 1. The van der Waals surface area contributed by atoms with Crippen LogP contribution in [-0.2, 0) is 6.42 Å². The standard InChI is InChI=1S/C12H19NOS/c1-3-9-8-10(11(13)6-7-15)4-5-12(9)14-2/h4-5,8,11,15H,3,6-7,13H2,1-2H3. The second-order valence-corrected chi connectivity index (χ2v) is 3.99. The Morgan fingerprint density at radius 2 is 2.20 bits per heavy atom. The molecular weight excluding hydrogens is 206 g/mol. The van der Waals surface area contributed by atoms with Crippen LogP contribution in [0.15, 0.2) is 18.2 Å². The molecule has 0 bridgehead atoms. The summed E-state index contributed by atoms with van der Waals surface area (Å²) >= 11 is 4.19. The first kappa shape index (κ1) is 12.4. The topological polar surface area (TPSA) is 35.2 Å². The number of ether oxygens (including phenoxy) is 1. The van der Waals surface area contributed by atoms with Gasteiger partial charge in [-0.05, 0) is 35.8 Å². The molecule has 0 fully saturated rings. The summed E-state index contributed by atoms with van der Waals surface area (Å²) in [7, 11) is 1.70. The lowest BCUT2D eigenvalue weighted by Crippen LogP contribution is -2.11. The van der Waals surface area contributed by atoms with Crippen LogP contribution in [0.5, 0.6) is 5.75 Å². The number of hydrogen-bond donors (Lipinski definition) is 2. The van der Waals surface area contributed by atoms with Crippen molar-refractivity contribution >= 4 is 12.6 Å². The Morgan fingerprint density at radius 3 is 2.73 bits per heavy atom. The third kappa shape index (κ3) is 3.14. The van der Waals surface area contributed by atoms with Crippen LogP contribution < -0.4 is 10.5 Å². The summed E-state index contributed by atoms with van der Waals surface area (Å²) in [6.07, 6.45) is 1.86. The SMILES string of the molecule is CCc1cc(C(N)CCS)ccc1OC. The Bertz CT molecular complexity index is 314. The van der Waals surface area contributed by atoms with Crippen LogP contribution in [0.4, 0.5) is 0 Å². The quantitative estimate of drug-likeness (QED) is 0.755. The number of nitrogens with two attached hydrogens (primary N) is 1. The van der Waals surface area contributed by atoms with Crippen molar-refractivity contribution in [1.82, 2.24) is 0 Å². The van der Waals surface area contributed by atoms with Crippen molar-refractivity contribution in [3.05, 3.63) is 29.3 Å². The second-order valence-electron chi connectivity index (χ2n) is 3.54. The first-order valence-corrected chi connectivity index (χ1v) is 5.89. The smallest absolute Gasteiger partial charge is 0.122 e. The average Bonchev–Trinajstić information content (AvgIpc) is 2.28. The van der Waals surface area contributed by atoms with E-state index in [9.17, 15) is 0 Å². The molecule has 1 rings (SSSR count). The van der Waals surface area contributed by atoms with E-state index in [1.54, 1.807) is 7.11 Å². The van der Waals surface area contributed by atoms with Crippen LogP contribution in [0.1, 0.15) is 30.5 Å². The summed E-state index contributed by atoms with van der Waals surface area (Å²) in [5.74, 6) is 1.76. The summed E-state index contributed by atoms with van der Waals surface area (Å²) in [6, 6.07) is 6.24. The maximum Gasteiger partial charge on any atom is 0.122 e. The van der Waals surface area contributed by atoms with Gasteiger partial charge in [0.2, 0.25) is 0 Å². The highest BCUT2D eigenvalue weighted by atomic mass is 32.1. The van der Waals surface area contributed by atoms with Crippen molar-refractivity contribution in [2.75, 3.05) is 12.9 Å². The van der Waals surface area contributed by atoms with Crippen LogP contribution in [-0.4, -0.2) is 12.9 Å². The highest BCUT2D eigenvalue weighted by Crippen LogP contribution is 2.24.